The Morgan fingerprint density at radius 1 is 1.03 bits per heavy atom. The van der Waals surface area contributed by atoms with Crippen molar-refractivity contribution in [2.24, 2.45) is 0 Å². The van der Waals surface area contributed by atoms with Crippen LogP contribution in [0, 0.1) is 13.8 Å². The third-order valence-electron chi connectivity index (χ3n) is 4.86. The zero-order valence-corrected chi connectivity index (χ0v) is 19.9. The molecule has 8 nitrogen and oxygen atoms in total. The molecule has 4 aromatic rings. The van der Waals surface area contributed by atoms with Crippen LogP contribution in [0.2, 0.25) is 10.0 Å². The molecule has 0 aliphatic carbocycles. The fraction of sp³-hybridized carbons (Fsp3) is 0.136. The van der Waals surface area contributed by atoms with Crippen molar-refractivity contribution in [2.45, 2.75) is 18.7 Å². The number of nitrogens with zero attached hydrogens (tertiary/aromatic N) is 4. The summed E-state index contributed by atoms with van der Waals surface area (Å²) >= 11 is 12.0. The first-order valence-electron chi connectivity index (χ1n) is 9.69. The van der Waals surface area contributed by atoms with Gasteiger partial charge in [-0.15, -0.1) is 0 Å². The lowest BCUT2D eigenvalue weighted by molar-refractivity contribution is -0.135. The smallest absolute Gasteiger partial charge is 0.324 e. The molecule has 0 amide bonds. The monoisotopic (exact) mass is 504 g/mol. The first-order chi connectivity index (χ1) is 15.5. The molecule has 11 heteroatoms. The summed E-state index contributed by atoms with van der Waals surface area (Å²) in [7, 11) is -4.26. The van der Waals surface area contributed by atoms with Gasteiger partial charge in [-0.25, -0.2) is 18.4 Å². The van der Waals surface area contributed by atoms with E-state index in [0.29, 0.717) is 17.0 Å². The van der Waals surface area contributed by atoms with E-state index in [1.54, 1.807) is 31.2 Å². The molecule has 0 atom stereocenters. The van der Waals surface area contributed by atoms with Crippen molar-refractivity contribution in [3.63, 3.8) is 0 Å². The van der Waals surface area contributed by atoms with Gasteiger partial charge in [0.2, 0.25) is 0 Å². The number of carbonyl (C=O) groups is 1. The van der Waals surface area contributed by atoms with Gasteiger partial charge in [0, 0.05) is 33.4 Å². The van der Waals surface area contributed by atoms with Gasteiger partial charge in [-0.1, -0.05) is 23.2 Å². The lowest BCUT2D eigenvalue weighted by atomic mass is 10.2. The highest BCUT2D eigenvalue weighted by molar-refractivity contribution is 7.92. The molecule has 2 heterocycles. The maximum absolute atomic E-state index is 13.3. The normalized spacial score (nSPS) is 11.6. The fourth-order valence-electron chi connectivity index (χ4n) is 3.55. The minimum absolute atomic E-state index is 0.124. The average molecular weight is 505 g/mol. The maximum Gasteiger partial charge on any atom is 0.324 e. The van der Waals surface area contributed by atoms with Gasteiger partial charge in [-0.05, 0) is 56.3 Å². The molecule has 0 saturated carbocycles. The van der Waals surface area contributed by atoms with Crippen molar-refractivity contribution in [1.82, 2.24) is 14.5 Å². The van der Waals surface area contributed by atoms with Crippen LogP contribution >= 0.6 is 23.2 Å². The second kappa shape index (κ2) is 8.66. The molecule has 0 spiro atoms. The zero-order chi connectivity index (χ0) is 23.9. The third-order valence-corrected chi connectivity index (χ3v) is 7.05. The number of carboxylic acids is 1. The van der Waals surface area contributed by atoms with Crippen molar-refractivity contribution >= 4 is 55.8 Å². The molecule has 1 N–H and O–H groups in total. The molecule has 0 fully saturated rings. The first kappa shape index (κ1) is 23.0. The summed E-state index contributed by atoms with van der Waals surface area (Å²) in [6.07, 6.45) is 1.81. The molecule has 2 aromatic heterocycles. The number of sulfonamides is 1. The van der Waals surface area contributed by atoms with E-state index in [2.05, 4.69) is 9.97 Å². The average Bonchev–Trinajstić information content (AvgIpc) is 3.13. The Labute approximate surface area is 200 Å². The maximum atomic E-state index is 13.3. The van der Waals surface area contributed by atoms with E-state index in [-0.39, 0.29) is 20.6 Å². The van der Waals surface area contributed by atoms with Gasteiger partial charge < -0.3 is 9.67 Å². The van der Waals surface area contributed by atoms with E-state index in [4.69, 9.17) is 23.2 Å². The Bertz CT molecular complexity index is 1460. The van der Waals surface area contributed by atoms with Crippen LogP contribution in [-0.4, -0.2) is 40.6 Å². The SMILES string of the molecule is Cc1cc(-n2ccc3cc(N(CC(=O)O)S(=O)(=O)c4cc(Cl)cc(Cl)c4)ccc32)nc(C)n1. The Morgan fingerprint density at radius 2 is 1.73 bits per heavy atom. The summed E-state index contributed by atoms with van der Waals surface area (Å²) in [4.78, 5) is 20.1. The van der Waals surface area contributed by atoms with Crippen LogP contribution < -0.4 is 4.31 Å². The Balaban J connectivity index is 1.82. The number of carboxylic acid groups (broad SMARTS) is 1. The predicted molar refractivity (Wildman–Crippen MR) is 127 cm³/mol. The van der Waals surface area contributed by atoms with Gasteiger partial charge in [0.05, 0.1) is 16.1 Å². The molecule has 0 saturated heterocycles. The number of hydrogen-bond acceptors (Lipinski definition) is 5. The van der Waals surface area contributed by atoms with Crippen LogP contribution in [0.1, 0.15) is 11.5 Å². The standard InChI is InChI=1S/C22H18Cl2N4O4S/c1-13-7-21(26-14(2)25-13)27-6-5-15-8-18(3-4-20(15)27)28(12-22(29)30)33(31,32)19-10-16(23)9-17(24)11-19/h3-11H,12H2,1-2H3,(H,29,30). The molecule has 170 valence electrons. The van der Waals surface area contributed by atoms with Gasteiger partial charge in [0.1, 0.15) is 18.2 Å². The number of aromatic nitrogens is 3. The van der Waals surface area contributed by atoms with E-state index in [1.165, 1.54) is 18.2 Å². The minimum atomic E-state index is -4.26. The summed E-state index contributed by atoms with van der Waals surface area (Å²) in [5.41, 5.74) is 1.78. The highest BCUT2D eigenvalue weighted by Gasteiger charge is 2.28. The highest BCUT2D eigenvalue weighted by atomic mass is 35.5. The van der Waals surface area contributed by atoms with Crippen LogP contribution in [0.3, 0.4) is 0 Å². The van der Waals surface area contributed by atoms with Crippen molar-refractivity contribution in [3.05, 3.63) is 76.3 Å². The largest absolute Gasteiger partial charge is 0.480 e. The first-order valence-corrected chi connectivity index (χ1v) is 11.9. The van der Waals surface area contributed by atoms with Crippen molar-refractivity contribution in [2.75, 3.05) is 10.8 Å². The number of aliphatic carboxylic acids is 1. The zero-order valence-electron chi connectivity index (χ0n) is 17.5. The second-order valence-corrected chi connectivity index (χ2v) is 10.1. The topological polar surface area (TPSA) is 105 Å². The number of anilines is 1. The van der Waals surface area contributed by atoms with Gasteiger partial charge in [0.15, 0.2) is 0 Å². The molecule has 0 aliphatic heterocycles. The van der Waals surface area contributed by atoms with E-state index in [1.807, 2.05) is 23.8 Å². The summed E-state index contributed by atoms with van der Waals surface area (Å²) in [6.45, 7) is 2.90. The molecule has 0 aliphatic rings. The number of halogens is 2. The molecule has 0 unspecified atom stereocenters. The summed E-state index contributed by atoms with van der Waals surface area (Å²) in [5, 5.41) is 10.4. The quantitative estimate of drug-likeness (QED) is 0.410. The van der Waals surface area contributed by atoms with Gasteiger partial charge in [-0.3, -0.25) is 9.10 Å². The van der Waals surface area contributed by atoms with E-state index in [9.17, 15) is 18.3 Å². The Morgan fingerprint density at radius 3 is 2.36 bits per heavy atom. The number of aryl methyl sites for hydroxylation is 2. The van der Waals surface area contributed by atoms with E-state index in [0.717, 1.165) is 15.5 Å². The fourth-order valence-corrected chi connectivity index (χ4v) is 5.68. The summed E-state index contributed by atoms with van der Waals surface area (Å²) < 4.78 is 29.3. The Kier molecular flexibility index (Phi) is 6.04. The molecule has 0 bridgehead atoms. The van der Waals surface area contributed by atoms with Crippen molar-refractivity contribution < 1.29 is 18.3 Å². The lowest BCUT2D eigenvalue weighted by Crippen LogP contribution is -2.35. The molecular formula is C22H18Cl2N4O4S. The van der Waals surface area contributed by atoms with Gasteiger partial charge in [0.25, 0.3) is 10.0 Å². The highest BCUT2D eigenvalue weighted by Crippen LogP contribution is 2.31. The van der Waals surface area contributed by atoms with Crippen molar-refractivity contribution in [3.8, 4) is 5.82 Å². The van der Waals surface area contributed by atoms with Gasteiger partial charge in [-0.2, -0.15) is 0 Å². The number of hydrogen-bond donors (Lipinski definition) is 1. The minimum Gasteiger partial charge on any atom is -0.480 e. The molecule has 0 radical (unpaired) electrons. The van der Waals surface area contributed by atoms with Gasteiger partial charge >= 0.3 is 5.97 Å². The van der Waals surface area contributed by atoms with E-state index >= 15 is 0 Å². The summed E-state index contributed by atoms with van der Waals surface area (Å²) in [5.74, 6) is -0.00924. The van der Waals surface area contributed by atoms with E-state index < -0.39 is 22.5 Å². The van der Waals surface area contributed by atoms with Crippen LogP contribution in [-0.2, 0) is 14.8 Å². The van der Waals surface area contributed by atoms with Crippen LogP contribution in [0.15, 0.2) is 59.6 Å². The number of fused-ring (bicyclic) bond motifs is 1. The number of benzene rings is 2. The summed E-state index contributed by atoms with van der Waals surface area (Å²) in [6, 6.07) is 12.4. The third kappa shape index (κ3) is 4.66. The van der Waals surface area contributed by atoms with Crippen molar-refractivity contribution in [1.29, 1.82) is 0 Å². The Hall–Kier alpha value is -3.14. The van der Waals surface area contributed by atoms with Crippen LogP contribution in [0.5, 0.6) is 0 Å². The molecule has 33 heavy (non-hydrogen) atoms. The second-order valence-electron chi connectivity index (χ2n) is 7.35. The lowest BCUT2D eigenvalue weighted by Gasteiger charge is -2.23. The number of rotatable bonds is 6. The van der Waals surface area contributed by atoms with Crippen LogP contribution in [0.25, 0.3) is 16.7 Å². The van der Waals surface area contributed by atoms with Crippen LogP contribution in [0.4, 0.5) is 5.69 Å². The predicted octanol–water partition coefficient (Wildman–Crippen LogP) is 4.62. The molecule has 4 rings (SSSR count). The molecule has 2 aromatic carbocycles. The molecular weight excluding hydrogens is 487 g/mol.